The summed E-state index contributed by atoms with van der Waals surface area (Å²) in [4.78, 5) is 22.6. The first-order valence-electron chi connectivity index (χ1n) is 9.78. The van der Waals surface area contributed by atoms with Gasteiger partial charge in [0.05, 0.1) is 11.2 Å². The molecule has 8 nitrogen and oxygen atoms in total. The van der Waals surface area contributed by atoms with Crippen LogP contribution in [0, 0.1) is 0 Å². The van der Waals surface area contributed by atoms with Gasteiger partial charge < -0.3 is 25.7 Å². The van der Waals surface area contributed by atoms with Gasteiger partial charge in [-0.1, -0.05) is 12.1 Å². The van der Waals surface area contributed by atoms with E-state index in [9.17, 15) is 18.0 Å². The maximum absolute atomic E-state index is 13.7. The van der Waals surface area contributed by atoms with Gasteiger partial charge in [-0.2, -0.15) is 13.2 Å². The van der Waals surface area contributed by atoms with Gasteiger partial charge in [-0.15, -0.1) is 0 Å². The zero-order valence-corrected chi connectivity index (χ0v) is 16.6. The lowest BCUT2D eigenvalue weighted by Gasteiger charge is -2.24. The second-order valence-electron chi connectivity index (χ2n) is 7.16. The summed E-state index contributed by atoms with van der Waals surface area (Å²) in [5.74, 6) is 0.321. The number of fused-ring (bicyclic) bond motifs is 1. The van der Waals surface area contributed by atoms with Gasteiger partial charge in [0.2, 0.25) is 5.95 Å². The highest BCUT2D eigenvalue weighted by Crippen LogP contribution is 2.40. The average Bonchev–Trinajstić information content (AvgIpc) is 3.18. The third kappa shape index (κ3) is 4.41. The molecule has 1 aliphatic heterocycles. The quantitative estimate of drug-likeness (QED) is 0.501. The van der Waals surface area contributed by atoms with Crippen molar-refractivity contribution in [3.63, 3.8) is 0 Å². The smallest absolute Gasteiger partial charge is 0.408 e. The van der Waals surface area contributed by atoms with Crippen molar-refractivity contribution >= 4 is 22.9 Å². The Balaban J connectivity index is 1.78. The lowest BCUT2D eigenvalue weighted by atomic mass is 10.1. The summed E-state index contributed by atoms with van der Waals surface area (Å²) in [5.41, 5.74) is -0.578. The van der Waals surface area contributed by atoms with Crippen molar-refractivity contribution in [3.05, 3.63) is 36.2 Å². The number of nitrogens with one attached hydrogen (secondary N) is 4. The zero-order valence-electron chi connectivity index (χ0n) is 16.6. The number of carbonyl (C=O) groups is 1. The zero-order chi connectivity index (χ0) is 22.0. The number of alkyl halides is 3. The Kier molecular flexibility index (Phi) is 5.68. The van der Waals surface area contributed by atoms with Crippen molar-refractivity contribution in [1.82, 2.24) is 25.6 Å². The van der Waals surface area contributed by atoms with Crippen molar-refractivity contribution in [3.8, 4) is 17.0 Å². The summed E-state index contributed by atoms with van der Waals surface area (Å²) < 4.78 is 46.4. The van der Waals surface area contributed by atoms with Crippen LogP contribution >= 0.6 is 0 Å². The molecule has 3 aromatic rings. The van der Waals surface area contributed by atoms with E-state index in [0.29, 0.717) is 17.4 Å². The lowest BCUT2D eigenvalue weighted by molar-refractivity contribution is -0.137. The molecule has 0 bridgehead atoms. The van der Waals surface area contributed by atoms with Crippen molar-refractivity contribution in [2.24, 2.45) is 0 Å². The van der Waals surface area contributed by atoms with E-state index in [2.05, 4.69) is 30.9 Å². The van der Waals surface area contributed by atoms with Crippen LogP contribution in [0.4, 0.5) is 23.9 Å². The number of aromatic nitrogens is 3. The van der Waals surface area contributed by atoms with Gasteiger partial charge in [-0.05, 0) is 25.5 Å². The predicted molar refractivity (Wildman–Crippen MR) is 109 cm³/mol. The summed E-state index contributed by atoms with van der Waals surface area (Å²) >= 11 is 0. The minimum Gasteiger partial charge on any atom is -0.408 e. The number of hydrogen-bond acceptors (Lipinski definition) is 6. The fourth-order valence-corrected chi connectivity index (χ4v) is 3.58. The average molecular weight is 434 g/mol. The minimum absolute atomic E-state index is 0.0360. The largest absolute Gasteiger partial charge is 0.419 e. The van der Waals surface area contributed by atoms with Gasteiger partial charge in [0.25, 0.3) is 0 Å². The Labute approximate surface area is 175 Å². The van der Waals surface area contributed by atoms with Gasteiger partial charge in [-0.25, -0.2) is 14.8 Å². The van der Waals surface area contributed by atoms with Crippen LogP contribution in [-0.4, -0.2) is 47.2 Å². The number of anilines is 1. The van der Waals surface area contributed by atoms with Crippen LogP contribution in [0.3, 0.4) is 0 Å². The molecule has 3 heterocycles. The van der Waals surface area contributed by atoms with Crippen LogP contribution in [-0.2, 0) is 6.18 Å². The van der Waals surface area contributed by atoms with Crippen LogP contribution in [0.1, 0.15) is 18.4 Å². The van der Waals surface area contributed by atoms with E-state index in [1.807, 2.05) is 0 Å². The third-order valence-electron chi connectivity index (χ3n) is 5.06. The van der Waals surface area contributed by atoms with E-state index in [4.69, 9.17) is 4.74 Å². The minimum atomic E-state index is -4.64. The number of nitrogens with zero attached hydrogens (tertiary/aromatic N) is 2. The van der Waals surface area contributed by atoms with Crippen LogP contribution in [0.2, 0.25) is 0 Å². The number of amides is 1. The molecule has 4 N–H and O–H groups in total. The van der Waals surface area contributed by atoms with E-state index >= 15 is 0 Å². The van der Waals surface area contributed by atoms with Gasteiger partial charge in [0.15, 0.2) is 5.75 Å². The molecular formula is C20H21F3N6O2. The Hall–Kier alpha value is -3.34. The van der Waals surface area contributed by atoms with Crippen LogP contribution < -0.4 is 20.7 Å². The molecule has 1 aromatic carbocycles. The van der Waals surface area contributed by atoms with E-state index in [1.165, 1.54) is 13.2 Å². The lowest BCUT2D eigenvalue weighted by Crippen LogP contribution is -2.38. The summed E-state index contributed by atoms with van der Waals surface area (Å²) in [6.07, 6.45) is -1.27. The van der Waals surface area contributed by atoms with E-state index in [1.54, 1.807) is 18.2 Å². The Bertz CT molecular complexity index is 1090. The second kappa shape index (κ2) is 8.42. The molecule has 1 atom stereocenters. The second-order valence-corrected chi connectivity index (χ2v) is 7.16. The molecule has 1 aliphatic rings. The number of rotatable bonds is 4. The summed E-state index contributed by atoms with van der Waals surface area (Å²) in [6.45, 7) is 1.60. The van der Waals surface area contributed by atoms with Gasteiger partial charge in [0.1, 0.15) is 5.56 Å². The van der Waals surface area contributed by atoms with Gasteiger partial charge in [0, 0.05) is 43.0 Å². The SMILES string of the molecule is CNC(=O)Oc1cccc2c(-c3nc(N[C@H]4CCCNC4)ncc3C(F)(F)F)c[nH]c12. The molecule has 4 rings (SSSR count). The standard InChI is InChI=1S/C20H21F3N6O2/c1-24-19(30)31-15-6-2-5-12-13(9-26-17(12)15)16-14(20(21,22)23)10-27-18(29-16)28-11-4-3-7-25-8-11/h2,5-6,9-11,25-26H,3-4,7-8H2,1H3,(H,24,30)(H,27,28,29)/t11-/m0/s1. The Morgan fingerprint density at radius 2 is 2.16 bits per heavy atom. The molecule has 1 fully saturated rings. The monoisotopic (exact) mass is 434 g/mol. The molecule has 1 saturated heterocycles. The van der Waals surface area contributed by atoms with Crippen molar-refractivity contribution in [1.29, 1.82) is 0 Å². The molecule has 0 saturated carbocycles. The van der Waals surface area contributed by atoms with Crippen LogP contribution in [0.5, 0.6) is 5.75 Å². The van der Waals surface area contributed by atoms with E-state index < -0.39 is 17.8 Å². The summed E-state index contributed by atoms with van der Waals surface area (Å²) in [7, 11) is 1.41. The molecular weight excluding hydrogens is 413 g/mol. The number of aromatic amines is 1. The predicted octanol–water partition coefficient (Wildman–Crippen LogP) is 3.53. The number of para-hydroxylation sites is 1. The summed E-state index contributed by atoms with van der Waals surface area (Å²) in [5, 5.41) is 9.12. The first kappa shape index (κ1) is 20.9. The first-order chi connectivity index (χ1) is 14.9. The number of H-pyrrole nitrogens is 1. The van der Waals surface area contributed by atoms with E-state index in [-0.39, 0.29) is 29.0 Å². The molecule has 0 aliphatic carbocycles. The van der Waals surface area contributed by atoms with Gasteiger partial charge >= 0.3 is 12.3 Å². The van der Waals surface area contributed by atoms with Crippen molar-refractivity contribution in [2.75, 3.05) is 25.5 Å². The fourth-order valence-electron chi connectivity index (χ4n) is 3.58. The fraction of sp³-hybridized carbons (Fsp3) is 0.350. The Morgan fingerprint density at radius 1 is 1.32 bits per heavy atom. The molecule has 1 amide bonds. The third-order valence-corrected chi connectivity index (χ3v) is 5.06. The first-order valence-corrected chi connectivity index (χ1v) is 9.78. The maximum Gasteiger partial charge on any atom is 0.419 e. The molecule has 0 radical (unpaired) electrons. The highest BCUT2D eigenvalue weighted by Gasteiger charge is 2.36. The highest BCUT2D eigenvalue weighted by molar-refractivity contribution is 5.99. The van der Waals surface area contributed by atoms with Crippen molar-refractivity contribution < 1.29 is 22.7 Å². The number of halogens is 3. The normalized spacial score (nSPS) is 16.8. The van der Waals surface area contributed by atoms with Gasteiger partial charge in [-0.3, -0.25) is 0 Å². The molecule has 31 heavy (non-hydrogen) atoms. The number of carbonyl (C=O) groups excluding carboxylic acids is 1. The van der Waals surface area contributed by atoms with Crippen molar-refractivity contribution in [2.45, 2.75) is 25.1 Å². The summed E-state index contributed by atoms with van der Waals surface area (Å²) in [6, 6.07) is 4.82. The molecule has 164 valence electrons. The van der Waals surface area contributed by atoms with Crippen LogP contribution in [0.25, 0.3) is 22.2 Å². The number of benzene rings is 1. The maximum atomic E-state index is 13.7. The Morgan fingerprint density at radius 3 is 2.87 bits per heavy atom. The molecule has 0 unspecified atom stereocenters. The van der Waals surface area contributed by atoms with E-state index in [0.717, 1.165) is 25.6 Å². The molecule has 11 heteroatoms. The molecule has 0 spiro atoms. The topological polar surface area (TPSA) is 104 Å². The molecule has 2 aromatic heterocycles. The number of piperidine rings is 1. The number of ether oxygens (including phenoxy) is 1. The number of hydrogen-bond donors (Lipinski definition) is 4. The van der Waals surface area contributed by atoms with Crippen LogP contribution in [0.15, 0.2) is 30.6 Å². The highest BCUT2D eigenvalue weighted by atomic mass is 19.4.